The number of rotatable bonds is 6. The van der Waals surface area contributed by atoms with Gasteiger partial charge in [-0.1, -0.05) is 0 Å². The van der Waals surface area contributed by atoms with Gasteiger partial charge in [0, 0.05) is 18.7 Å². The molecule has 0 saturated heterocycles. The van der Waals surface area contributed by atoms with Gasteiger partial charge in [-0.15, -0.1) is 0 Å². The number of methoxy groups -OCH3 is 1. The molecule has 1 aromatic carbocycles. The number of hydrogen-bond donors (Lipinski definition) is 0. The second-order valence-electron chi connectivity index (χ2n) is 4.80. The van der Waals surface area contributed by atoms with E-state index >= 15 is 0 Å². The summed E-state index contributed by atoms with van der Waals surface area (Å²) in [5.41, 5.74) is -0.331. The zero-order chi connectivity index (χ0) is 17.9. The summed E-state index contributed by atoms with van der Waals surface area (Å²) in [7, 11) is 2.73. The van der Waals surface area contributed by atoms with Crippen molar-refractivity contribution in [2.75, 3.05) is 13.7 Å². The van der Waals surface area contributed by atoms with Gasteiger partial charge in [0.2, 0.25) is 0 Å². The number of Topliss-reactive ketones (excluding diaryl/α,β-unsaturated/α-hetero) is 1. The van der Waals surface area contributed by atoms with E-state index in [1.807, 2.05) is 0 Å². The summed E-state index contributed by atoms with van der Waals surface area (Å²) >= 11 is 0. The Hall–Kier alpha value is -3.23. The van der Waals surface area contributed by atoms with Crippen molar-refractivity contribution in [2.45, 2.75) is 0 Å². The van der Waals surface area contributed by atoms with Crippen LogP contribution in [0.5, 0.6) is 5.75 Å². The number of carbonyl (C=O) groups is 2. The van der Waals surface area contributed by atoms with Crippen molar-refractivity contribution in [2.24, 2.45) is 7.05 Å². The quantitative estimate of drug-likeness (QED) is 0.347. The van der Waals surface area contributed by atoms with E-state index in [4.69, 9.17) is 9.47 Å². The number of halogens is 1. The van der Waals surface area contributed by atoms with Crippen LogP contribution < -0.4 is 4.74 Å². The van der Waals surface area contributed by atoms with Gasteiger partial charge in [-0.05, 0) is 18.2 Å². The molecule has 2 rings (SSSR count). The summed E-state index contributed by atoms with van der Waals surface area (Å²) in [6, 6.07) is 4.64. The maximum absolute atomic E-state index is 13.6. The van der Waals surface area contributed by atoms with Crippen LogP contribution in [0.4, 0.5) is 10.1 Å². The molecule has 0 spiro atoms. The Kier molecular flexibility index (Phi) is 4.93. The van der Waals surface area contributed by atoms with Gasteiger partial charge in [-0.25, -0.2) is 9.18 Å². The number of esters is 1. The van der Waals surface area contributed by atoms with Crippen molar-refractivity contribution in [3.05, 3.63) is 57.7 Å². The van der Waals surface area contributed by atoms with E-state index in [2.05, 4.69) is 0 Å². The van der Waals surface area contributed by atoms with Gasteiger partial charge in [-0.3, -0.25) is 14.9 Å². The first-order valence-corrected chi connectivity index (χ1v) is 6.68. The van der Waals surface area contributed by atoms with Crippen molar-refractivity contribution < 1.29 is 28.4 Å². The standard InChI is InChI=1S/C15H13FN2O6/c1-17-7-10(18(21)22)6-12(17)15(20)24-8-13(19)9-3-4-14(23-2)11(16)5-9/h3-7H,8H2,1-2H3. The van der Waals surface area contributed by atoms with E-state index < -0.39 is 29.1 Å². The minimum atomic E-state index is -0.895. The molecule has 8 nitrogen and oxygen atoms in total. The highest BCUT2D eigenvalue weighted by molar-refractivity contribution is 5.99. The van der Waals surface area contributed by atoms with Crippen molar-refractivity contribution in [1.29, 1.82) is 0 Å². The molecule has 0 radical (unpaired) electrons. The molecule has 9 heteroatoms. The van der Waals surface area contributed by atoms with Gasteiger partial charge < -0.3 is 14.0 Å². The molecule has 0 unspecified atom stereocenters. The molecular formula is C15H13FN2O6. The maximum Gasteiger partial charge on any atom is 0.355 e. The third kappa shape index (κ3) is 3.57. The summed E-state index contributed by atoms with van der Waals surface area (Å²) in [4.78, 5) is 33.8. The van der Waals surface area contributed by atoms with Crippen molar-refractivity contribution in [3.8, 4) is 5.75 Å². The first-order valence-electron chi connectivity index (χ1n) is 6.68. The number of ether oxygens (including phenoxy) is 2. The molecule has 1 heterocycles. The molecule has 24 heavy (non-hydrogen) atoms. The predicted octanol–water partition coefficient (Wildman–Crippen LogP) is 2.12. The van der Waals surface area contributed by atoms with Crippen molar-refractivity contribution in [3.63, 3.8) is 0 Å². The van der Waals surface area contributed by atoms with Gasteiger partial charge in [0.25, 0.3) is 5.69 Å². The second-order valence-corrected chi connectivity index (χ2v) is 4.80. The van der Waals surface area contributed by atoms with Crippen LogP contribution in [0.25, 0.3) is 0 Å². The molecule has 1 aromatic heterocycles. The van der Waals surface area contributed by atoms with Crippen LogP contribution in [-0.2, 0) is 11.8 Å². The fraction of sp³-hybridized carbons (Fsp3) is 0.200. The van der Waals surface area contributed by atoms with Crippen LogP contribution in [0, 0.1) is 15.9 Å². The van der Waals surface area contributed by atoms with Gasteiger partial charge in [0.15, 0.2) is 24.0 Å². The molecule has 0 atom stereocenters. The molecular weight excluding hydrogens is 323 g/mol. The summed E-state index contributed by atoms with van der Waals surface area (Å²) in [5, 5.41) is 10.7. The molecule has 2 aromatic rings. The first kappa shape index (κ1) is 17.1. The maximum atomic E-state index is 13.6. The zero-order valence-electron chi connectivity index (χ0n) is 12.8. The third-order valence-corrected chi connectivity index (χ3v) is 3.22. The Balaban J connectivity index is 2.05. The lowest BCUT2D eigenvalue weighted by molar-refractivity contribution is -0.384. The smallest absolute Gasteiger partial charge is 0.355 e. The Bertz CT molecular complexity index is 814. The van der Waals surface area contributed by atoms with Crippen molar-refractivity contribution in [1.82, 2.24) is 4.57 Å². The minimum absolute atomic E-state index is 0.0129. The number of ketones is 1. The van der Waals surface area contributed by atoms with Gasteiger partial charge in [0.1, 0.15) is 5.69 Å². The average molecular weight is 336 g/mol. The van der Waals surface area contributed by atoms with Gasteiger partial charge >= 0.3 is 5.97 Å². The number of carbonyl (C=O) groups excluding carboxylic acids is 2. The fourth-order valence-corrected chi connectivity index (χ4v) is 1.98. The minimum Gasteiger partial charge on any atom is -0.494 e. The molecule has 0 amide bonds. The number of benzene rings is 1. The van der Waals surface area contributed by atoms with E-state index in [-0.39, 0.29) is 22.7 Å². The zero-order valence-corrected chi connectivity index (χ0v) is 12.8. The topological polar surface area (TPSA) is 101 Å². The fourth-order valence-electron chi connectivity index (χ4n) is 1.98. The third-order valence-electron chi connectivity index (χ3n) is 3.22. The molecule has 0 aliphatic carbocycles. The van der Waals surface area contributed by atoms with E-state index in [0.29, 0.717) is 0 Å². The lowest BCUT2D eigenvalue weighted by Crippen LogP contribution is -2.16. The lowest BCUT2D eigenvalue weighted by atomic mass is 10.1. The van der Waals surface area contributed by atoms with E-state index in [1.165, 1.54) is 30.9 Å². The summed E-state index contributed by atoms with van der Waals surface area (Å²) in [6.45, 7) is -0.621. The number of aryl methyl sites for hydroxylation is 1. The molecule has 0 N–H and O–H groups in total. The highest BCUT2D eigenvalue weighted by Gasteiger charge is 2.20. The normalized spacial score (nSPS) is 10.3. The van der Waals surface area contributed by atoms with Crippen LogP contribution in [0.2, 0.25) is 0 Å². The summed E-state index contributed by atoms with van der Waals surface area (Å²) in [6.07, 6.45) is 1.15. The highest BCUT2D eigenvalue weighted by Crippen LogP contribution is 2.19. The van der Waals surface area contributed by atoms with Crippen molar-refractivity contribution >= 4 is 17.4 Å². The average Bonchev–Trinajstić information content (AvgIpc) is 2.94. The van der Waals surface area contributed by atoms with E-state index in [1.54, 1.807) is 0 Å². The van der Waals surface area contributed by atoms with Crippen LogP contribution in [-0.4, -0.2) is 35.0 Å². The predicted molar refractivity (Wildman–Crippen MR) is 79.6 cm³/mol. The van der Waals surface area contributed by atoms with Crippen LogP contribution in [0.3, 0.4) is 0 Å². The number of aromatic nitrogens is 1. The lowest BCUT2D eigenvalue weighted by Gasteiger charge is -2.06. The summed E-state index contributed by atoms with van der Waals surface area (Å²) < 4.78 is 24.3. The molecule has 0 aliphatic heterocycles. The monoisotopic (exact) mass is 336 g/mol. The van der Waals surface area contributed by atoms with Crippen LogP contribution >= 0.6 is 0 Å². The molecule has 0 bridgehead atoms. The Morgan fingerprint density at radius 2 is 2.04 bits per heavy atom. The Morgan fingerprint density at radius 3 is 2.58 bits per heavy atom. The second kappa shape index (κ2) is 6.90. The van der Waals surface area contributed by atoms with Gasteiger partial charge in [0.05, 0.1) is 18.2 Å². The van der Waals surface area contributed by atoms with E-state index in [0.717, 1.165) is 18.3 Å². The molecule has 126 valence electrons. The largest absolute Gasteiger partial charge is 0.494 e. The molecule has 0 aliphatic rings. The number of hydrogen-bond acceptors (Lipinski definition) is 6. The highest BCUT2D eigenvalue weighted by atomic mass is 19.1. The number of nitrogens with zero attached hydrogens (tertiary/aromatic N) is 2. The molecule has 0 fully saturated rings. The SMILES string of the molecule is COc1ccc(C(=O)COC(=O)c2cc([N+](=O)[O-])cn2C)cc1F. The molecule has 0 saturated carbocycles. The van der Waals surface area contributed by atoms with E-state index in [9.17, 15) is 24.1 Å². The Labute approximate surface area is 135 Å². The first-order chi connectivity index (χ1) is 11.3. The van der Waals surface area contributed by atoms with Crippen LogP contribution in [0.15, 0.2) is 30.5 Å². The number of nitro groups is 1. The van der Waals surface area contributed by atoms with Crippen LogP contribution in [0.1, 0.15) is 20.8 Å². The summed E-state index contributed by atoms with van der Waals surface area (Å²) in [5.74, 6) is -2.24. The Morgan fingerprint density at radius 1 is 1.33 bits per heavy atom. The van der Waals surface area contributed by atoms with Gasteiger partial charge in [-0.2, -0.15) is 0 Å².